The molecule has 0 saturated heterocycles. The third-order valence-corrected chi connectivity index (χ3v) is 4.96. The van der Waals surface area contributed by atoms with Crippen molar-refractivity contribution in [3.63, 3.8) is 0 Å². The molecule has 0 amide bonds. The largest absolute Gasteiger partial charge is 0.325 e. The van der Waals surface area contributed by atoms with Gasteiger partial charge in [-0.2, -0.15) is 0 Å². The lowest BCUT2D eigenvalue weighted by Crippen LogP contribution is -2.60. The number of hydrogen-bond acceptors (Lipinski definition) is 1. The minimum absolute atomic E-state index is 0.216. The van der Waals surface area contributed by atoms with Crippen molar-refractivity contribution in [3.8, 4) is 0 Å². The van der Waals surface area contributed by atoms with Gasteiger partial charge in [0.1, 0.15) is 0 Å². The third kappa shape index (κ3) is 1.00. The van der Waals surface area contributed by atoms with E-state index in [1.165, 1.54) is 38.5 Å². The van der Waals surface area contributed by atoms with Gasteiger partial charge in [0.15, 0.2) is 0 Å². The number of halogens is 1. The number of nitrogens with two attached hydrogens (primary N) is 1. The molecule has 0 aromatic carbocycles. The summed E-state index contributed by atoms with van der Waals surface area (Å²) >= 11 is 3.91. The minimum atomic E-state index is 0.216. The molecule has 4 saturated carbocycles. The van der Waals surface area contributed by atoms with Gasteiger partial charge in [0, 0.05) is 9.86 Å². The molecule has 0 spiro atoms. The van der Waals surface area contributed by atoms with Crippen LogP contribution in [0.3, 0.4) is 0 Å². The third-order valence-electron chi connectivity index (χ3n) is 4.03. The second-order valence-corrected chi connectivity index (χ2v) is 7.16. The summed E-state index contributed by atoms with van der Waals surface area (Å²) in [5, 5.41) is 0. The summed E-state index contributed by atoms with van der Waals surface area (Å²) in [5.41, 5.74) is 6.59. The van der Waals surface area contributed by atoms with E-state index in [1.807, 2.05) is 0 Å². The first-order chi connectivity index (χ1) is 5.57. The van der Waals surface area contributed by atoms with E-state index in [2.05, 4.69) is 15.9 Å². The van der Waals surface area contributed by atoms with Crippen molar-refractivity contribution < 1.29 is 0 Å². The molecule has 4 atom stereocenters. The summed E-state index contributed by atoms with van der Waals surface area (Å²) in [6, 6.07) is 0. The molecule has 4 bridgehead atoms. The molecule has 4 aliphatic carbocycles. The van der Waals surface area contributed by atoms with Crippen molar-refractivity contribution in [2.45, 2.75) is 48.4 Å². The van der Waals surface area contributed by atoms with Crippen LogP contribution in [0.5, 0.6) is 0 Å². The Kier molecular flexibility index (Phi) is 1.36. The van der Waals surface area contributed by atoms with E-state index in [4.69, 9.17) is 5.73 Å². The highest BCUT2D eigenvalue weighted by atomic mass is 79.9. The lowest BCUT2D eigenvalue weighted by Gasteiger charge is -2.59. The maximum Gasteiger partial charge on any atom is 0.0280 e. The van der Waals surface area contributed by atoms with Crippen LogP contribution < -0.4 is 5.73 Å². The van der Waals surface area contributed by atoms with Gasteiger partial charge < -0.3 is 5.73 Å². The fraction of sp³-hybridized carbons (Fsp3) is 1.00. The standard InChI is InChI=1S/C10H16BrN/c11-9-2-7-1-8(3-9)5-10(12,4-7)6-9/h7-8H,1-6,12H2/t7-,8+,9?,10?. The van der Waals surface area contributed by atoms with Crippen LogP contribution >= 0.6 is 15.9 Å². The van der Waals surface area contributed by atoms with Crippen molar-refractivity contribution in [2.75, 3.05) is 0 Å². The van der Waals surface area contributed by atoms with Gasteiger partial charge in [0.25, 0.3) is 0 Å². The van der Waals surface area contributed by atoms with Crippen LogP contribution in [0.25, 0.3) is 0 Å². The van der Waals surface area contributed by atoms with Crippen LogP contribution in [0.4, 0.5) is 0 Å². The molecule has 2 unspecified atom stereocenters. The molecule has 0 heterocycles. The van der Waals surface area contributed by atoms with E-state index in [9.17, 15) is 0 Å². The molecule has 2 heteroatoms. The zero-order chi connectivity index (χ0) is 8.40. The van der Waals surface area contributed by atoms with E-state index >= 15 is 0 Å². The van der Waals surface area contributed by atoms with Gasteiger partial charge in [-0.05, 0) is 50.4 Å². The average Bonchev–Trinajstić information content (AvgIpc) is 1.75. The predicted octanol–water partition coefficient (Wildman–Crippen LogP) is 2.43. The SMILES string of the molecule is NC12C[C@H]3C[C@@H](C1)CC(Br)(C3)C2. The lowest BCUT2D eigenvalue weighted by molar-refractivity contribution is 0.0205. The molecule has 0 aliphatic heterocycles. The summed E-state index contributed by atoms with van der Waals surface area (Å²) in [4.78, 5) is 0. The van der Waals surface area contributed by atoms with E-state index < -0.39 is 0 Å². The highest BCUT2D eigenvalue weighted by molar-refractivity contribution is 9.10. The first kappa shape index (κ1) is 7.81. The van der Waals surface area contributed by atoms with Crippen LogP contribution in [0.15, 0.2) is 0 Å². The first-order valence-electron chi connectivity index (χ1n) is 5.05. The molecule has 68 valence electrons. The van der Waals surface area contributed by atoms with Crippen LogP contribution in [0.2, 0.25) is 0 Å². The zero-order valence-corrected chi connectivity index (χ0v) is 8.94. The summed E-state index contributed by atoms with van der Waals surface area (Å²) < 4.78 is 0.450. The molecule has 12 heavy (non-hydrogen) atoms. The summed E-state index contributed by atoms with van der Waals surface area (Å²) in [7, 11) is 0. The summed E-state index contributed by atoms with van der Waals surface area (Å²) in [6.45, 7) is 0. The molecule has 0 aromatic rings. The second-order valence-electron chi connectivity index (χ2n) is 5.47. The fourth-order valence-corrected chi connectivity index (χ4v) is 5.69. The maximum atomic E-state index is 6.38. The number of rotatable bonds is 0. The van der Waals surface area contributed by atoms with Crippen molar-refractivity contribution >= 4 is 15.9 Å². The Balaban J connectivity index is 1.98. The molecule has 1 nitrogen and oxygen atoms in total. The molecule has 4 rings (SSSR count). The Bertz CT molecular complexity index is 192. The Labute approximate surface area is 82.2 Å². The molecular weight excluding hydrogens is 214 g/mol. The smallest absolute Gasteiger partial charge is 0.0280 e. The van der Waals surface area contributed by atoms with Crippen molar-refractivity contribution in [1.82, 2.24) is 0 Å². The van der Waals surface area contributed by atoms with Gasteiger partial charge in [-0.15, -0.1) is 0 Å². The van der Waals surface area contributed by atoms with E-state index in [-0.39, 0.29) is 5.54 Å². The highest BCUT2D eigenvalue weighted by Crippen LogP contribution is 2.59. The van der Waals surface area contributed by atoms with Gasteiger partial charge in [0.2, 0.25) is 0 Å². The van der Waals surface area contributed by atoms with Gasteiger partial charge in [-0.1, -0.05) is 15.9 Å². The van der Waals surface area contributed by atoms with Gasteiger partial charge in [-0.3, -0.25) is 0 Å². The van der Waals surface area contributed by atoms with Crippen LogP contribution in [0.1, 0.15) is 38.5 Å². The topological polar surface area (TPSA) is 26.0 Å². The molecular formula is C10H16BrN. The van der Waals surface area contributed by atoms with Crippen LogP contribution in [-0.2, 0) is 0 Å². The average molecular weight is 230 g/mol. The van der Waals surface area contributed by atoms with E-state index in [0.29, 0.717) is 4.32 Å². The normalized spacial score (nSPS) is 62.5. The Morgan fingerprint density at radius 1 is 1.08 bits per heavy atom. The minimum Gasteiger partial charge on any atom is -0.325 e. The van der Waals surface area contributed by atoms with Crippen LogP contribution in [0, 0.1) is 11.8 Å². The lowest BCUT2D eigenvalue weighted by atomic mass is 9.53. The predicted molar refractivity (Wildman–Crippen MR) is 53.3 cm³/mol. The van der Waals surface area contributed by atoms with Crippen molar-refractivity contribution in [3.05, 3.63) is 0 Å². The van der Waals surface area contributed by atoms with Crippen molar-refractivity contribution in [1.29, 1.82) is 0 Å². The quantitative estimate of drug-likeness (QED) is 0.635. The Morgan fingerprint density at radius 2 is 1.67 bits per heavy atom. The van der Waals surface area contributed by atoms with E-state index in [1.54, 1.807) is 0 Å². The molecule has 4 fully saturated rings. The number of hydrogen-bond donors (Lipinski definition) is 1. The van der Waals surface area contributed by atoms with Gasteiger partial charge in [0.05, 0.1) is 0 Å². The molecule has 0 aromatic heterocycles. The van der Waals surface area contributed by atoms with Crippen LogP contribution in [-0.4, -0.2) is 9.86 Å². The molecule has 2 N–H and O–H groups in total. The monoisotopic (exact) mass is 229 g/mol. The van der Waals surface area contributed by atoms with Gasteiger partial charge >= 0.3 is 0 Å². The van der Waals surface area contributed by atoms with Crippen molar-refractivity contribution in [2.24, 2.45) is 17.6 Å². The van der Waals surface area contributed by atoms with Gasteiger partial charge in [-0.25, -0.2) is 0 Å². The Hall–Kier alpha value is 0.440. The van der Waals surface area contributed by atoms with E-state index in [0.717, 1.165) is 11.8 Å². The zero-order valence-electron chi connectivity index (χ0n) is 7.35. The molecule has 4 aliphatic rings. The maximum absolute atomic E-state index is 6.38. The molecule has 0 radical (unpaired) electrons. The highest BCUT2D eigenvalue weighted by Gasteiger charge is 2.55. The number of alkyl halides is 1. The summed E-state index contributed by atoms with van der Waals surface area (Å²) in [6.07, 6.45) is 8.08. The fourth-order valence-electron chi connectivity index (χ4n) is 4.22. The Morgan fingerprint density at radius 3 is 2.08 bits per heavy atom. The first-order valence-corrected chi connectivity index (χ1v) is 5.84. The second kappa shape index (κ2) is 2.09. The summed E-state index contributed by atoms with van der Waals surface area (Å²) in [5.74, 6) is 1.88.